The molecule has 1 aliphatic heterocycles. The number of nitrogens with zero attached hydrogens (tertiary/aromatic N) is 2. The summed E-state index contributed by atoms with van der Waals surface area (Å²) in [6.07, 6.45) is 1.55. The van der Waals surface area contributed by atoms with E-state index in [1.165, 1.54) is 0 Å². The SMILES string of the molecule is CCCc1nc(-c2ccc3c(c2)N(Cc2ccc(Cl)cc2)C(=O)C(C)O3)cs1. The molecule has 1 atom stereocenters. The van der Waals surface area contributed by atoms with E-state index in [9.17, 15) is 4.79 Å². The molecule has 1 aliphatic rings. The van der Waals surface area contributed by atoms with E-state index in [-0.39, 0.29) is 5.91 Å². The molecule has 3 aromatic rings. The number of aryl methyl sites for hydroxylation is 1. The van der Waals surface area contributed by atoms with Gasteiger partial charge < -0.3 is 9.64 Å². The van der Waals surface area contributed by atoms with Gasteiger partial charge in [-0.3, -0.25) is 4.79 Å². The van der Waals surface area contributed by atoms with Gasteiger partial charge in [0.2, 0.25) is 0 Å². The van der Waals surface area contributed by atoms with Crippen molar-refractivity contribution in [1.29, 1.82) is 0 Å². The van der Waals surface area contributed by atoms with Crippen LogP contribution in [-0.2, 0) is 17.8 Å². The molecule has 0 saturated carbocycles. The second-order valence-corrected chi connectivity index (χ2v) is 8.25. The molecule has 144 valence electrons. The number of carbonyl (C=O) groups excluding carboxylic acids is 1. The summed E-state index contributed by atoms with van der Waals surface area (Å²) in [4.78, 5) is 19.4. The standard InChI is InChI=1S/C22H21ClN2O2S/c1-3-4-21-24-18(13-28-21)16-7-10-20-19(11-16)25(22(26)14(2)27-20)12-15-5-8-17(23)9-6-15/h5-11,13-14H,3-4,12H2,1-2H3. The summed E-state index contributed by atoms with van der Waals surface area (Å²) in [6.45, 7) is 4.41. The Morgan fingerprint density at radius 3 is 2.75 bits per heavy atom. The topological polar surface area (TPSA) is 42.4 Å². The highest BCUT2D eigenvalue weighted by Crippen LogP contribution is 2.38. The van der Waals surface area contributed by atoms with Crippen molar-refractivity contribution in [2.24, 2.45) is 0 Å². The Morgan fingerprint density at radius 1 is 1.21 bits per heavy atom. The van der Waals surface area contributed by atoms with Crippen molar-refractivity contribution in [2.45, 2.75) is 39.3 Å². The van der Waals surface area contributed by atoms with Crippen molar-refractivity contribution in [3.05, 3.63) is 63.4 Å². The van der Waals surface area contributed by atoms with E-state index in [4.69, 9.17) is 21.3 Å². The molecule has 1 amide bonds. The predicted octanol–water partition coefficient (Wildman–Crippen LogP) is 5.73. The zero-order valence-electron chi connectivity index (χ0n) is 15.8. The smallest absolute Gasteiger partial charge is 0.268 e. The van der Waals surface area contributed by atoms with Crippen LogP contribution in [0.15, 0.2) is 47.8 Å². The van der Waals surface area contributed by atoms with Gasteiger partial charge in [-0.1, -0.05) is 30.7 Å². The van der Waals surface area contributed by atoms with Gasteiger partial charge in [0.25, 0.3) is 5.91 Å². The Balaban J connectivity index is 1.70. The number of thiazole rings is 1. The van der Waals surface area contributed by atoms with Gasteiger partial charge in [0.15, 0.2) is 6.10 Å². The van der Waals surface area contributed by atoms with Crippen molar-refractivity contribution >= 4 is 34.5 Å². The molecule has 0 fully saturated rings. The van der Waals surface area contributed by atoms with Gasteiger partial charge in [0.1, 0.15) is 5.75 Å². The van der Waals surface area contributed by atoms with Crippen LogP contribution in [-0.4, -0.2) is 17.0 Å². The summed E-state index contributed by atoms with van der Waals surface area (Å²) in [6, 6.07) is 13.5. The Bertz CT molecular complexity index is 1000. The molecule has 0 spiro atoms. The minimum Gasteiger partial charge on any atom is -0.479 e. The van der Waals surface area contributed by atoms with Gasteiger partial charge in [-0.25, -0.2) is 4.98 Å². The Kier molecular flexibility index (Phi) is 5.38. The lowest BCUT2D eigenvalue weighted by molar-refractivity contribution is -0.125. The Morgan fingerprint density at radius 2 is 2.00 bits per heavy atom. The number of carbonyl (C=O) groups is 1. The molecule has 4 rings (SSSR count). The molecule has 2 aromatic carbocycles. The summed E-state index contributed by atoms with van der Waals surface area (Å²) in [5.74, 6) is 0.665. The Hall–Kier alpha value is -2.37. The fourth-order valence-corrected chi connectivity index (χ4v) is 4.31. The molecule has 0 bridgehead atoms. The number of hydrogen-bond acceptors (Lipinski definition) is 4. The van der Waals surface area contributed by atoms with Crippen LogP contribution < -0.4 is 9.64 Å². The third-order valence-electron chi connectivity index (χ3n) is 4.73. The first-order valence-corrected chi connectivity index (χ1v) is 10.6. The molecule has 4 nitrogen and oxygen atoms in total. The molecule has 0 aliphatic carbocycles. The molecular weight excluding hydrogens is 392 g/mol. The van der Waals surface area contributed by atoms with Crippen LogP contribution in [0.1, 0.15) is 30.8 Å². The first-order chi connectivity index (χ1) is 13.5. The normalized spacial score (nSPS) is 16.0. The number of rotatable bonds is 5. The molecule has 0 radical (unpaired) electrons. The van der Waals surface area contributed by atoms with Gasteiger partial charge in [-0.15, -0.1) is 11.3 Å². The highest BCUT2D eigenvalue weighted by Gasteiger charge is 2.32. The van der Waals surface area contributed by atoms with Gasteiger partial charge >= 0.3 is 0 Å². The zero-order chi connectivity index (χ0) is 19.7. The largest absolute Gasteiger partial charge is 0.479 e. The lowest BCUT2D eigenvalue weighted by Gasteiger charge is -2.33. The maximum atomic E-state index is 12.9. The van der Waals surface area contributed by atoms with Gasteiger partial charge in [-0.2, -0.15) is 0 Å². The molecule has 1 aromatic heterocycles. The maximum Gasteiger partial charge on any atom is 0.268 e. The number of halogens is 1. The van der Waals surface area contributed by atoms with E-state index >= 15 is 0 Å². The quantitative estimate of drug-likeness (QED) is 0.537. The number of benzene rings is 2. The lowest BCUT2D eigenvalue weighted by Crippen LogP contribution is -2.44. The number of anilines is 1. The summed E-state index contributed by atoms with van der Waals surface area (Å²) < 4.78 is 5.84. The zero-order valence-corrected chi connectivity index (χ0v) is 17.4. The van der Waals surface area contributed by atoms with Gasteiger partial charge in [-0.05, 0) is 55.7 Å². The third-order valence-corrected chi connectivity index (χ3v) is 5.89. The summed E-state index contributed by atoms with van der Waals surface area (Å²) in [5, 5.41) is 3.89. The molecule has 2 heterocycles. The van der Waals surface area contributed by atoms with Gasteiger partial charge in [0.05, 0.1) is 22.9 Å². The van der Waals surface area contributed by atoms with Crippen molar-refractivity contribution in [1.82, 2.24) is 4.98 Å². The predicted molar refractivity (Wildman–Crippen MR) is 114 cm³/mol. The molecule has 0 N–H and O–H groups in total. The monoisotopic (exact) mass is 412 g/mol. The Labute approximate surface area is 173 Å². The third kappa shape index (κ3) is 3.77. The summed E-state index contributed by atoms with van der Waals surface area (Å²) >= 11 is 7.67. The maximum absolute atomic E-state index is 12.9. The highest BCUT2D eigenvalue weighted by molar-refractivity contribution is 7.09. The van der Waals surface area contributed by atoms with E-state index in [0.29, 0.717) is 17.3 Å². The summed E-state index contributed by atoms with van der Waals surface area (Å²) in [7, 11) is 0. The molecule has 0 saturated heterocycles. The number of hydrogen-bond donors (Lipinski definition) is 0. The van der Waals surface area contributed by atoms with Crippen molar-refractivity contribution < 1.29 is 9.53 Å². The molecule has 28 heavy (non-hydrogen) atoms. The average Bonchev–Trinajstić information content (AvgIpc) is 3.16. The summed E-state index contributed by atoms with van der Waals surface area (Å²) in [5.41, 5.74) is 3.72. The minimum absolute atomic E-state index is 0.0513. The molecular formula is C22H21ClN2O2S. The van der Waals surface area contributed by atoms with Crippen LogP contribution in [0.2, 0.25) is 5.02 Å². The van der Waals surface area contributed by atoms with E-state index < -0.39 is 6.10 Å². The van der Waals surface area contributed by atoms with Gasteiger partial charge in [0, 0.05) is 16.0 Å². The van der Waals surface area contributed by atoms with Crippen LogP contribution in [0.25, 0.3) is 11.3 Å². The lowest BCUT2D eigenvalue weighted by atomic mass is 10.1. The van der Waals surface area contributed by atoms with E-state index in [0.717, 1.165) is 40.4 Å². The number of fused-ring (bicyclic) bond motifs is 1. The number of aromatic nitrogens is 1. The van der Waals surface area contributed by atoms with Crippen LogP contribution in [0.3, 0.4) is 0 Å². The van der Waals surface area contributed by atoms with Crippen LogP contribution in [0.5, 0.6) is 5.75 Å². The van der Waals surface area contributed by atoms with Crippen molar-refractivity contribution in [3.8, 4) is 17.0 Å². The fraction of sp³-hybridized carbons (Fsp3) is 0.273. The van der Waals surface area contributed by atoms with Crippen LogP contribution in [0, 0.1) is 0 Å². The van der Waals surface area contributed by atoms with E-state index in [2.05, 4.69) is 12.3 Å². The van der Waals surface area contributed by atoms with E-state index in [1.807, 2.05) is 42.5 Å². The van der Waals surface area contributed by atoms with Crippen LogP contribution in [0.4, 0.5) is 5.69 Å². The van der Waals surface area contributed by atoms with Crippen molar-refractivity contribution in [3.63, 3.8) is 0 Å². The van der Waals surface area contributed by atoms with E-state index in [1.54, 1.807) is 23.2 Å². The highest BCUT2D eigenvalue weighted by atomic mass is 35.5. The first kappa shape index (κ1) is 19.0. The first-order valence-electron chi connectivity index (χ1n) is 9.36. The second kappa shape index (κ2) is 7.94. The average molecular weight is 413 g/mol. The van der Waals surface area contributed by atoms with Crippen LogP contribution >= 0.6 is 22.9 Å². The molecule has 1 unspecified atom stereocenters. The fourth-order valence-electron chi connectivity index (χ4n) is 3.27. The number of amides is 1. The number of ether oxygens (including phenoxy) is 1. The van der Waals surface area contributed by atoms with Crippen molar-refractivity contribution in [2.75, 3.05) is 4.90 Å². The molecule has 6 heteroatoms. The minimum atomic E-state index is -0.513. The second-order valence-electron chi connectivity index (χ2n) is 6.87.